The smallest absolute Gasteiger partial charge is 0.303 e. The first-order valence-electron chi connectivity index (χ1n) is 19.0. The summed E-state index contributed by atoms with van der Waals surface area (Å²) < 4.78 is 15.6. The molecule has 0 radical (unpaired) electrons. The molecule has 2 saturated heterocycles. The topological polar surface area (TPSA) is 144 Å². The van der Waals surface area contributed by atoms with Gasteiger partial charge in [0.2, 0.25) is 5.95 Å². The number of halogens is 1. The summed E-state index contributed by atoms with van der Waals surface area (Å²) in [6.07, 6.45) is 4.59. The van der Waals surface area contributed by atoms with Gasteiger partial charge in [0.15, 0.2) is 0 Å². The Morgan fingerprint density at radius 2 is 1.76 bits per heavy atom. The number of benzene rings is 3. The van der Waals surface area contributed by atoms with E-state index >= 15 is 0 Å². The van der Waals surface area contributed by atoms with Gasteiger partial charge in [0.25, 0.3) is 5.91 Å². The van der Waals surface area contributed by atoms with Gasteiger partial charge >= 0.3 is 5.97 Å². The van der Waals surface area contributed by atoms with Gasteiger partial charge in [-0.05, 0) is 92.0 Å². The molecule has 1 amide bonds. The summed E-state index contributed by atoms with van der Waals surface area (Å²) in [6, 6.07) is 24.2. The monoisotopic (exact) mass is 771 g/mol. The first-order valence-corrected chi connectivity index (χ1v) is 19.0. The molecule has 2 aliphatic rings. The molecule has 0 aliphatic carbocycles. The van der Waals surface area contributed by atoms with Crippen molar-refractivity contribution in [1.82, 2.24) is 39.6 Å². The van der Waals surface area contributed by atoms with E-state index in [1.165, 1.54) is 16.6 Å². The predicted octanol–water partition coefficient (Wildman–Crippen LogP) is 5.10. The van der Waals surface area contributed by atoms with Crippen molar-refractivity contribution in [3.63, 3.8) is 0 Å². The second kappa shape index (κ2) is 18.5. The number of likely N-dealkylation sites (tertiary alicyclic amines) is 1. The second-order valence-corrected chi connectivity index (χ2v) is 14.1. The van der Waals surface area contributed by atoms with Crippen molar-refractivity contribution < 1.29 is 24.2 Å². The molecule has 5 aromatic rings. The Morgan fingerprint density at radius 1 is 0.927 bits per heavy atom. The number of fused-ring (bicyclic) bond motifs is 1. The lowest BCUT2D eigenvalue weighted by Gasteiger charge is -2.33. The fourth-order valence-electron chi connectivity index (χ4n) is 7.82. The molecule has 2 aromatic heterocycles. The number of carboxylic acid groups (broad SMARTS) is 1. The summed E-state index contributed by atoms with van der Waals surface area (Å²) in [7, 11) is 0. The molecule has 3 aromatic carbocycles. The second-order valence-electron chi connectivity index (χ2n) is 14.1. The van der Waals surface area contributed by atoms with Crippen LogP contribution in [0.5, 0.6) is 5.75 Å². The van der Waals surface area contributed by atoms with Crippen molar-refractivity contribution in [3.8, 4) is 11.4 Å². The standard InChI is InChI=1S/C40H49N9O5.ClH/c1-2-53-27-25-48-35-13-7-6-12-34(35)42-39(48)46-20-9-19-45(23-24-46)21-17-40(31-10-4-3-5-11-31)18-22-47(29-40)38(52)33-28-32(49-30-41-43-44-49)15-16-36(33)54-26-8-14-37(50)51;/h3-7,10-13,15-16,28,30H,2,8-9,14,17-27,29H2,1H3,(H,50,51);1H. The van der Waals surface area contributed by atoms with Crippen molar-refractivity contribution in [2.75, 3.05) is 70.5 Å². The van der Waals surface area contributed by atoms with Crippen LogP contribution in [-0.2, 0) is 21.5 Å². The molecule has 55 heavy (non-hydrogen) atoms. The molecule has 2 fully saturated rings. The van der Waals surface area contributed by atoms with Crippen LogP contribution in [0.2, 0.25) is 0 Å². The molecule has 7 rings (SSSR count). The maximum absolute atomic E-state index is 14.4. The van der Waals surface area contributed by atoms with Crippen LogP contribution in [0.25, 0.3) is 16.7 Å². The number of rotatable bonds is 16. The number of carbonyl (C=O) groups excluding carboxylic acids is 1. The lowest BCUT2D eigenvalue weighted by Crippen LogP contribution is -2.39. The summed E-state index contributed by atoms with van der Waals surface area (Å²) in [5, 5.41) is 20.6. The molecule has 1 unspecified atom stereocenters. The minimum absolute atomic E-state index is 0. The third-order valence-electron chi connectivity index (χ3n) is 10.7. The summed E-state index contributed by atoms with van der Waals surface area (Å²) in [5.74, 6) is 0.413. The number of aromatic nitrogens is 6. The lowest BCUT2D eigenvalue weighted by molar-refractivity contribution is -0.137. The fourth-order valence-corrected chi connectivity index (χ4v) is 7.82. The number of amides is 1. The van der Waals surface area contributed by atoms with E-state index in [2.05, 4.69) is 72.4 Å². The highest BCUT2D eigenvalue weighted by atomic mass is 35.5. The van der Waals surface area contributed by atoms with E-state index in [1.54, 1.807) is 18.2 Å². The number of aliphatic carboxylic acids is 1. The largest absolute Gasteiger partial charge is 0.493 e. The van der Waals surface area contributed by atoms with Gasteiger partial charge < -0.3 is 33.8 Å². The zero-order valence-corrected chi connectivity index (χ0v) is 32.1. The van der Waals surface area contributed by atoms with E-state index in [0.717, 1.165) is 75.5 Å². The third-order valence-corrected chi connectivity index (χ3v) is 10.7. The number of para-hydroxylation sites is 2. The predicted molar refractivity (Wildman–Crippen MR) is 212 cm³/mol. The molecule has 1 atom stereocenters. The number of ether oxygens (including phenoxy) is 2. The Bertz CT molecular complexity index is 2010. The average molecular weight is 772 g/mol. The molecule has 0 saturated carbocycles. The van der Waals surface area contributed by atoms with E-state index in [0.29, 0.717) is 49.7 Å². The zero-order chi connectivity index (χ0) is 37.3. The number of carboxylic acids is 1. The van der Waals surface area contributed by atoms with Crippen LogP contribution >= 0.6 is 12.4 Å². The van der Waals surface area contributed by atoms with Gasteiger partial charge in [0, 0.05) is 57.7 Å². The molecule has 292 valence electrons. The molecular formula is C40H50ClN9O5. The minimum Gasteiger partial charge on any atom is -0.493 e. The zero-order valence-electron chi connectivity index (χ0n) is 31.3. The van der Waals surface area contributed by atoms with Crippen LogP contribution in [0.15, 0.2) is 79.1 Å². The van der Waals surface area contributed by atoms with Crippen molar-refractivity contribution in [2.24, 2.45) is 0 Å². The minimum atomic E-state index is -0.884. The highest BCUT2D eigenvalue weighted by Crippen LogP contribution is 2.39. The van der Waals surface area contributed by atoms with Crippen LogP contribution in [0.1, 0.15) is 54.9 Å². The molecule has 0 spiro atoms. The van der Waals surface area contributed by atoms with Crippen molar-refractivity contribution in [1.29, 1.82) is 0 Å². The molecule has 14 nitrogen and oxygen atoms in total. The highest BCUT2D eigenvalue weighted by molar-refractivity contribution is 5.98. The SMILES string of the molecule is CCOCCn1c(N2CCCN(CCC3(c4ccccc4)CCN(C(=O)c4cc(-n5cnnn5)ccc4OCCCC(=O)O)C3)CC2)nc2ccccc21.Cl. The van der Waals surface area contributed by atoms with E-state index < -0.39 is 5.97 Å². The Labute approximate surface area is 327 Å². The van der Waals surface area contributed by atoms with Crippen molar-refractivity contribution in [2.45, 2.75) is 51.0 Å². The average Bonchev–Trinajstić information content (AvgIpc) is 3.94. The number of hydrogen-bond acceptors (Lipinski definition) is 10. The molecule has 1 N–H and O–H groups in total. The number of hydrogen-bond donors (Lipinski definition) is 1. The Balaban J connectivity index is 0.00000514. The van der Waals surface area contributed by atoms with Crippen LogP contribution in [-0.4, -0.2) is 122 Å². The van der Waals surface area contributed by atoms with Crippen LogP contribution in [0.3, 0.4) is 0 Å². The maximum atomic E-state index is 14.4. The lowest BCUT2D eigenvalue weighted by atomic mass is 9.76. The van der Waals surface area contributed by atoms with Gasteiger partial charge in [-0.2, -0.15) is 0 Å². The summed E-state index contributed by atoms with van der Waals surface area (Å²) in [6.45, 7) is 10.1. The van der Waals surface area contributed by atoms with E-state index in [4.69, 9.17) is 19.6 Å². The van der Waals surface area contributed by atoms with Crippen LogP contribution in [0, 0.1) is 0 Å². The quantitative estimate of drug-likeness (QED) is 0.134. The summed E-state index contributed by atoms with van der Waals surface area (Å²) >= 11 is 0. The molecule has 4 heterocycles. The van der Waals surface area contributed by atoms with Crippen LogP contribution in [0.4, 0.5) is 5.95 Å². The summed E-state index contributed by atoms with van der Waals surface area (Å²) in [4.78, 5) is 37.5. The normalized spacial score (nSPS) is 17.6. The Morgan fingerprint density at radius 3 is 2.56 bits per heavy atom. The van der Waals surface area contributed by atoms with Gasteiger partial charge in [-0.3, -0.25) is 9.59 Å². The molecular weight excluding hydrogens is 722 g/mol. The van der Waals surface area contributed by atoms with Gasteiger partial charge in [0.1, 0.15) is 12.1 Å². The number of nitrogens with zero attached hydrogens (tertiary/aromatic N) is 9. The number of anilines is 1. The van der Waals surface area contributed by atoms with Gasteiger partial charge in [0.05, 0.1) is 35.5 Å². The molecule has 0 bridgehead atoms. The van der Waals surface area contributed by atoms with Gasteiger partial charge in [-0.15, -0.1) is 17.5 Å². The van der Waals surface area contributed by atoms with Crippen molar-refractivity contribution >= 4 is 41.3 Å². The van der Waals surface area contributed by atoms with Crippen LogP contribution < -0.4 is 9.64 Å². The summed E-state index contributed by atoms with van der Waals surface area (Å²) in [5.41, 5.74) is 4.21. The maximum Gasteiger partial charge on any atom is 0.303 e. The molecule has 15 heteroatoms. The first-order chi connectivity index (χ1) is 26.4. The first kappa shape index (κ1) is 39.6. The number of carbonyl (C=O) groups is 2. The van der Waals surface area contributed by atoms with Gasteiger partial charge in [-0.1, -0.05) is 42.5 Å². The van der Waals surface area contributed by atoms with E-state index in [9.17, 15) is 9.59 Å². The van der Waals surface area contributed by atoms with Gasteiger partial charge in [-0.25, -0.2) is 9.67 Å². The van der Waals surface area contributed by atoms with E-state index in [-0.39, 0.29) is 36.8 Å². The third kappa shape index (κ3) is 9.26. The fraction of sp³-hybridized carbons (Fsp3) is 0.450. The van der Waals surface area contributed by atoms with E-state index in [1.807, 2.05) is 24.0 Å². The Hall–Kier alpha value is -5.05. The Kier molecular flexibility index (Phi) is 13.3. The molecule has 2 aliphatic heterocycles. The van der Waals surface area contributed by atoms with Crippen molar-refractivity contribution in [3.05, 3.63) is 90.3 Å². The number of tetrazole rings is 1. The number of imidazole rings is 1. The highest BCUT2D eigenvalue weighted by Gasteiger charge is 2.42.